The van der Waals surface area contributed by atoms with Gasteiger partial charge in [-0.15, -0.1) is 0 Å². The van der Waals surface area contributed by atoms with Gasteiger partial charge in [0.2, 0.25) is 0 Å². The number of para-hydroxylation sites is 1. The highest BCUT2D eigenvalue weighted by atomic mass is 16.6. The molecule has 6 heteroatoms. The molecule has 1 aromatic carbocycles. The van der Waals surface area contributed by atoms with E-state index in [9.17, 15) is 10.1 Å². The topological polar surface area (TPSA) is 76.4 Å². The van der Waals surface area contributed by atoms with Gasteiger partial charge in [0.15, 0.2) is 5.75 Å². The van der Waals surface area contributed by atoms with Crippen LogP contribution in [0.2, 0.25) is 0 Å². The Hall–Kier alpha value is -1.82. The standard InChI is InChI=1S/C13H21N3O3/c1-4-14-8-9-15-11-6-5-7-12(19-10(2)3)13(11)16(17)18/h5-7,10,14-15H,4,8-9H2,1-3H3. The largest absolute Gasteiger partial charge is 0.484 e. The van der Waals surface area contributed by atoms with Crippen molar-refractivity contribution in [1.82, 2.24) is 5.32 Å². The third kappa shape index (κ3) is 4.75. The molecule has 0 aliphatic carbocycles. The predicted molar refractivity (Wildman–Crippen MR) is 75.9 cm³/mol. The number of rotatable bonds is 8. The fraction of sp³-hybridized carbons (Fsp3) is 0.538. The fourth-order valence-corrected chi connectivity index (χ4v) is 1.66. The van der Waals surface area contributed by atoms with Crippen LogP contribution >= 0.6 is 0 Å². The number of nitrogens with one attached hydrogen (secondary N) is 2. The second-order valence-corrected chi connectivity index (χ2v) is 4.36. The lowest BCUT2D eigenvalue weighted by Gasteiger charge is -2.13. The van der Waals surface area contributed by atoms with E-state index < -0.39 is 4.92 Å². The average molecular weight is 267 g/mol. The number of nitrogens with zero attached hydrogens (tertiary/aromatic N) is 1. The summed E-state index contributed by atoms with van der Waals surface area (Å²) in [5.41, 5.74) is 0.480. The lowest BCUT2D eigenvalue weighted by Crippen LogP contribution is -2.22. The third-order valence-corrected chi connectivity index (χ3v) is 2.41. The fourth-order valence-electron chi connectivity index (χ4n) is 1.66. The van der Waals surface area contributed by atoms with Crippen LogP contribution in [0.5, 0.6) is 5.75 Å². The van der Waals surface area contributed by atoms with Crippen molar-refractivity contribution < 1.29 is 9.66 Å². The molecule has 19 heavy (non-hydrogen) atoms. The van der Waals surface area contributed by atoms with Gasteiger partial charge in [-0.05, 0) is 32.5 Å². The van der Waals surface area contributed by atoms with Gasteiger partial charge in [-0.3, -0.25) is 10.1 Å². The van der Waals surface area contributed by atoms with Crippen LogP contribution in [0.25, 0.3) is 0 Å². The Labute approximate surface area is 113 Å². The maximum Gasteiger partial charge on any atom is 0.333 e. The number of hydrogen-bond donors (Lipinski definition) is 2. The van der Waals surface area contributed by atoms with E-state index in [-0.39, 0.29) is 11.8 Å². The van der Waals surface area contributed by atoms with Crippen LogP contribution in [0, 0.1) is 10.1 Å². The lowest BCUT2D eigenvalue weighted by molar-refractivity contribution is -0.385. The van der Waals surface area contributed by atoms with E-state index in [1.54, 1.807) is 18.2 Å². The molecule has 0 saturated heterocycles. The van der Waals surface area contributed by atoms with Gasteiger partial charge < -0.3 is 15.4 Å². The first-order valence-corrected chi connectivity index (χ1v) is 6.45. The molecule has 106 valence electrons. The summed E-state index contributed by atoms with van der Waals surface area (Å²) in [5, 5.41) is 17.4. The van der Waals surface area contributed by atoms with Crippen molar-refractivity contribution in [2.24, 2.45) is 0 Å². The minimum absolute atomic E-state index is 0.00676. The Bertz CT molecular complexity index is 422. The van der Waals surface area contributed by atoms with Crippen molar-refractivity contribution in [2.45, 2.75) is 26.9 Å². The molecule has 0 spiro atoms. The monoisotopic (exact) mass is 267 g/mol. The smallest absolute Gasteiger partial charge is 0.333 e. The Morgan fingerprint density at radius 3 is 2.68 bits per heavy atom. The summed E-state index contributed by atoms with van der Waals surface area (Å²) >= 11 is 0. The number of nitro benzene ring substituents is 1. The SMILES string of the molecule is CCNCCNc1cccc(OC(C)C)c1[N+](=O)[O-]. The zero-order valence-corrected chi connectivity index (χ0v) is 11.6. The van der Waals surface area contributed by atoms with Crippen LogP contribution in [-0.4, -0.2) is 30.7 Å². The van der Waals surface area contributed by atoms with Crippen LogP contribution in [0.15, 0.2) is 18.2 Å². The molecule has 0 atom stereocenters. The molecule has 0 amide bonds. The van der Waals surface area contributed by atoms with E-state index in [1.807, 2.05) is 20.8 Å². The van der Waals surface area contributed by atoms with Crippen LogP contribution in [0.1, 0.15) is 20.8 Å². The van der Waals surface area contributed by atoms with Crippen LogP contribution < -0.4 is 15.4 Å². The van der Waals surface area contributed by atoms with Crippen molar-refractivity contribution in [1.29, 1.82) is 0 Å². The van der Waals surface area contributed by atoms with Gasteiger partial charge in [0.25, 0.3) is 0 Å². The van der Waals surface area contributed by atoms with Gasteiger partial charge in [0.05, 0.1) is 11.0 Å². The second kappa shape index (κ2) is 7.58. The van der Waals surface area contributed by atoms with Gasteiger partial charge in [-0.1, -0.05) is 13.0 Å². The Morgan fingerprint density at radius 1 is 1.37 bits per heavy atom. The minimum atomic E-state index is -0.409. The van der Waals surface area contributed by atoms with Crippen molar-refractivity contribution in [3.63, 3.8) is 0 Å². The first kappa shape index (κ1) is 15.2. The maximum atomic E-state index is 11.2. The van der Waals surface area contributed by atoms with Gasteiger partial charge >= 0.3 is 5.69 Å². The normalized spacial score (nSPS) is 10.5. The number of ether oxygens (including phenoxy) is 1. The number of benzene rings is 1. The minimum Gasteiger partial charge on any atom is -0.484 e. The van der Waals surface area contributed by atoms with E-state index >= 15 is 0 Å². The molecule has 1 rings (SSSR count). The highest BCUT2D eigenvalue weighted by Crippen LogP contribution is 2.35. The van der Waals surface area contributed by atoms with Crippen molar-refractivity contribution >= 4 is 11.4 Å². The molecule has 0 fully saturated rings. The van der Waals surface area contributed by atoms with Crippen LogP contribution in [-0.2, 0) is 0 Å². The summed E-state index contributed by atoms with van der Waals surface area (Å²) in [4.78, 5) is 10.8. The average Bonchev–Trinajstić information content (AvgIpc) is 2.33. The highest BCUT2D eigenvalue weighted by molar-refractivity contribution is 5.68. The third-order valence-electron chi connectivity index (χ3n) is 2.41. The first-order valence-electron chi connectivity index (χ1n) is 6.45. The van der Waals surface area contributed by atoms with E-state index in [4.69, 9.17) is 4.74 Å². The van der Waals surface area contributed by atoms with Crippen molar-refractivity contribution in [3.8, 4) is 5.75 Å². The summed E-state index contributed by atoms with van der Waals surface area (Å²) < 4.78 is 5.48. The lowest BCUT2D eigenvalue weighted by atomic mass is 10.2. The molecule has 2 N–H and O–H groups in total. The zero-order chi connectivity index (χ0) is 14.3. The van der Waals surface area contributed by atoms with Crippen LogP contribution in [0.4, 0.5) is 11.4 Å². The van der Waals surface area contributed by atoms with E-state index in [0.29, 0.717) is 18.0 Å². The molecule has 0 radical (unpaired) electrons. The number of hydrogen-bond acceptors (Lipinski definition) is 5. The Morgan fingerprint density at radius 2 is 2.11 bits per heavy atom. The molecule has 0 aliphatic heterocycles. The molecule has 0 unspecified atom stereocenters. The van der Waals surface area contributed by atoms with Gasteiger partial charge in [-0.2, -0.15) is 0 Å². The predicted octanol–water partition coefficient (Wildman–Crippen LogP) is 2.40. The summed E-state index contributed by atoms with van der Waals surface area (Å²) in [6.45, 7) is 7.95. The van der Waals surface area contributed by atoms with E-state index in [0.717, 1.165) is 13.1 Å². The molecule has 0 bridgehead atoms. The van der Waals surface area contributed by atoms with Crippen LogP contribution in [0.3, 0.4) is 0 Å². The summed E-state index contributed by atoms with van der Waals surface area (Å²) in [6, 6.07) is 5.06. The molecule has 0 saturated carbocycles. The molecule has 6 nitrogen and oxygen atoms in total. The summed E-state index contributed by atoms with van der Waals surface area (Å²) in [5.74, 6) is 0.299. The van der Waals surface area contributed by atoms with Crippen molar-refractivity contribution in [2.75, 3.05) is 25.0 Å². The Balaban J connectivity index is 2.87. The second-order valence-electron chi connectivity index (χ2n) is 4.36. The number of nitro groups is 1. The quantitative estimate of drug-likeness (QED) is 0.429. The van der Waals surface area contributed by atoms with Gasteiger partial charge in [0.1, 0.15) is 5.69 Å². The zero-order valence-electron chi connectivity index (χ0n) is 11.6. The Kier molecular flexibility index (Phi) is 6.08. The molecule has 0 aromatic heterocycles. The van der Waals surface area contributed by atoms with Gasteiger partial charge in [0, 0.05) is 13.1 Å². The number of anilines is 1. The molecule has 1 aromatic rings. The molecular formula is C13H21N3O3. The molecule has 0 heterocycles. The van der Waals surface area contributed by atoms with Gasteiger partial charge in [-0.25, -0.2) is 0 Å². The first-order chi connectivity index (χ1) is 9.06. The molecular weight excluding hydrogens is 246 g/mol. The number of likely N-dealkylation sites (N-methyl/N-ethyl adjacent to an activating group) is 1. The summed E-state index contributed by atoms with van der Waals surface area (Å²) in [6.07, 6.45) is -0.101. The highest BCUT2D eigenvalue weighted by Gasteiger charge is 2.21. The maximum absolute atomic E-state index is 11.2. The molecule has 0 aliphatic rings. The summed E-state index contributed by atoms with van der Waals surface area (Å²) in [7, 11) is 0. The van der Waals surface area contributed by atoms with Crippen molar-refractivity contribution in [3.05, 3.63) is 28.3 Å². The van der Waals surface area contributed by atoms with E-state index in [2.05, 4.69) is 10.6 Å². The van der Waals surface area contributed by atoms with E-state index in [1.165, 1.54) is 0 Å².